The first kappa shape index (κ1) is 14.5. The van der Waals surface area contributed by atoms with Crippen molar-refractivity contribution in [1.29, 1.82) is 0 Å². The van der Waals surface area contributed by atoms with Crippen LogP contribution in [0, 0.1) is 6.92 Å². The molecule has 5 nitrogen and oxygen atoms in total. The molecule has 1 N–H and O–H groups in total. The van der Waals surface area contributed by atoms with E-state index < -0.39 is 0 Å². The highest BCUT2D eigenvalue weighted by Gasteiger charge is 2.07. The molecule has 0 saturated carbocycles. The van der Waals surface area contributed by atoms with E-state index in [0.29, 0.717) is 17.3 Å². The number of carbonyl (C=O) groups excluding carboxylic acids is 1. The Balaban J connectivity index is 1.72. The fourth-order valence-electron chi connectivity index (χ4n) is 1.90. The Kier molecular flexibility index (Phi) is 5.12. The Morgan fingerprint density at radius 3 is 2.95 bits per heavy atom. The number of aromatic nitrogens is 3. The SMILES string of the molecule is Cc1cc(C(=O)NCCCCn2ccnc2)cc(Cl)n1. The molecule has 0 bridgehead atoms. The molecular weight excluding hydrogens is 276 g/mol. The predicted molar refractivity (Wildman–Crippen MR) is 77.8 cm³/mol. The van der Waals surface area contributed by atoms with Gasteiger partial charge in [-0.1, -0.05) is 11.6 Å². The van der Waals surface area contributed by atoms with Gasteiger partial charge in [-0.2, -0.15) is 0 Å². The summed E-state index contributed by atoms with van der Waals surface area (Å²) in [6, 6.07) is 3.31. The molecule has 0 saturated heterocycles. The van der Waals surface area contributed by atoms with Gasteiger partial charge in [-0.3, -0.25) is 4.79 Å². The van der Waals surface area contributed by atoms with Crippen LogP contribution in [-0.4, -0.2) is 27.0 Å². The van der Waals surface area contributed by atoms with Gasteiger partial charge in [-0.15, -0.1) is 0 Å². The van der Waals surface area contributed by atoms with E-state index in [4.69, 9.17) is 11.6 Å². The smallest absolute Gasteiger partial charge is 0.251 e. The van der Waals surface area contributed by atoms with Crippen molar-refractivity contribution in [3.05, 3.63) is 47.3 Å². The lowest BCUT2D eigenvalue weighted by Gasteiger charge is -2.06. The first-order valence-corrected chi connectivity index (χ1v) is 6.91. The quantitative estimate of drug-likeness (QED) is 0.657. The summed E-state index contributed by atoms with van der Waals surface area (Å²) in [5.74, 6) is -0.111. The summed E-state index contributed by atoms with van der Waals surface area (Å²) in [6.45, 7) is 3.37. The lowest BCUT2D eigenvalue weighted by Crippen LogP contribution is -2.24. The molecule has 2 aromatic heterocycles. The van der Waals surface area contributed by atoms with Crippen molar-refractivity contribution in [2.75, 3.05) is 6.54 Å². The second-order valence-corrected chi connectivity index (χ2v) is 4.97. The number of unbranched alkanes of at least 4 members (excludes halogenated alkanes) is 1. The van der Waals surface area contributed by atoms with Gasteiger partial charge in [0.25, 0.3) is 5.91 Å². The molecule has 0 aliphatic heterocycles. The second-order valence-electron chi connectivity index (χ2n) is 4.58. The summed E-state index contributed by atoms with van der Waals surface area (Å²) < 4.78 is 2.02. The fraction of sp³-hybridized carbons (Fsp3) is 0.357. The van der Waals surface area contributed by atoms with E-state index in [-0.39, 0.29) is 5.91 Å². The minimum absolute atomic E-state index is 0.111. The van der Waals surface area contributed by atoms with Gasteiger partial charge >= 0.3 is 0 Å². The number of aryl methyl sites for hydroxylation is 2. The highest BCUT2D eigenvalue weighted by Crippen LogP contribution is 2.10. The van der Waals surface area contributed by atoms with Gasteiger partial charge in [-0.25, -0.2) is 9.97 Å². The number of amides is 1. The number of hydrogen-bond donors (Lipinski definition) is 1. The van der Waals surface area contributed by atoms with Crippen LogP contribution in [0.5, 0.6) is 0 Å². The Bertz CT molecular complexity index is 548. The number of pyridine rings is 1. The maximum atomic E-state index is 11.9. The lowest BCUT2D eigenvalue weighted by atomic mass is 10.2. The van der Waals surface area contributed by atoms with E-state index >= 15 is 0 Å². The molecule has 0 fully saturated rings. The largest absolute Gasteiger partial charge is 0.352 e. The summed E-state index contributed by atoms with van der Waals surface area (Å²) in [5.41, 5.74) is 1.29. The van der Waals surface area contributed by atoms with Crippen molar-refractivity contribution in [2.24, 2.45) is 0 Å². The van der Waals surface area contributed by atoms with Crippen LogP contribution in [0.15, 0.2) is 30.9 Å². The van der Waals surface area contributed by atoms with Gasteiger partial charge < -0.3 is 9.88 Å². The first-order chi connectivity index (χ1) is 9.65. The monoisotopic (exact) mass is 292 g/mol. The molecule has 20 heavy (non-hydrogen) atoms. The van der Waals surface area contributed by atoms with Gasteiger partial charge in [0.05, 0.1) is 6.33 Å². The summed E-state index contributed by atoms with van der Waals surface area (Å²) in [4.78, 5) is 19.9. The molecular formula is C14H17ClN4O. The predicted octanol–water partition coefficient (Wildman–Crippen LogP) is 2.45. The van der Waals surface area contributed by atoms with Crippen LogP contribution in [0.4, 0.5) is 0 Å². The van der Waals surface area contributed by atoms with Crippen LogP contribution in [0.1, 0.15) is 28.9 Å². The van der Waals surface area contributed by atoms with Crippen molar-refractivity contribution >= 4 is 17.5 Å². The number of nitrogens with zero attached hydrogens (tertiary/aromatic N) is 3. The summed E-state index contributed by atoms with van der Waals surface area (Å²) in [5, 5.41) is 3.23. The minimum Gasteiger partial charge on any atom is -0.352 e. The Labute approximate surface area is 123 Å². The zero-order valence-electron chi connectivity index (χ0n) is 11.3. The third kappa shape index (κ3) is 4.35. The standard InChI is InChI=1S/C14H17ClN4O/c1-11-8-12(9-13(15)18-11)14(20)17-4-2-3-6-19-7-5-16-10-19/h5,7-10H,2-4,6H2,1H3,(H,17,20). The summed E-state index contributed by atoms with van der Waals surface area (Å²) in [7, 11) is 0. The number of halogens is 1. The summed E-state index contributed by atoms with van der Waals surface area (Å²) >= 11 is 5.84. The normalized spacial score (nSPS) is 10.5. The minimum atomic E-state index is -0.111. The Hall–Kier alpha value is -1.88. The number of carbonyl (C=O) groups is 1. The van der Waals surface area contributed by atoms with Crippen molar-refractivity contribution in [3.8, 4) is 0 Å². The van der Waals surface area contributed by atoms with Crippen LogP contribution in [0.25, 0.3) is 0 Å². The molecule has 0 radical (unpaired) electrons. The molecule has 0 aromatic carbocycles. The van der Waals surface area contributed by atoms with Crippen LogP contribution in [0.2, 0.25) is 5.15 Å². The van der Waals surface area contributed by atoms with Crippen LogP contribution in [-0.2, 0) is 6.54 Å². The first-order valence-electron chi connectivity index (χ1n) is 6.53. The number of imidazole rings is 1. The topological polar surface area (TPSA) is 59.8 Å². The molecule has 0 aliphatic rings. The van der Waals surface area contributed by atoms with Crippen LogP contribution < -0.4 is 5.32 Å². The van der Waals surface area contributed by atoms with Crippen LogP contribution in [0.3, 0.4) is 0 Å². The van der Waals surface area contributed by atoms with E-state index in [2.05, 4.69) is 15.3 Å². The van der Waals surface area contributed by atoms with E-state index in [0.717, 1.165) is 25.1 Å². The van der Waals surface area contributed by atoms with E-state index in [1.165, 1.54) is 0 Å². The second kappa shape index (κ2) is 7.05. The fourth-order valence-corrected chi connectivity index (χ4v) is 2.15. The molecule has 0 spiro atoms. The highest BCUT2D eigenvalue weighted by atomic mass is 35.5. The van der Waals surface area contributed by atoms with E-state index in [1.54, 1.807) is 24.7 Å². The third-order valence-corrected chi connectivity index (χ3v) is 3.07. The molecule has 0 atom stereocenters. The molecule has 1 amide bonds. The zero-order chi connectivity index (χ0) is 14.4. The molecule has 0 aliphatic carbocycles. The summed E-state index contributed by atoms with van der Waals surface area (Å²) in [6.07, 6.45) is 7.40. The number of rotatable bonds is 6. The Morgan fingerprint density at radius 1 is 1.40 bits per heavy atom. The maximum absolute atomic E-state index is 11.9. The molecule has 0 unspecified atom stereocenters. The maximum Gasteiger partial charge on any atom is 0.251 e. The van der Waals surface area contributed by atoms with E-state index in [1.807, 2.05) is 17.7 Å². The highest BCUT2D eigenvalue weighted by molar-refractivity contribution is 6.29. The molecule has 106 valence electrons. The van der Waals surface area contributed by atoms with E-state index in [9.17, 15) is 4.79 Å². The van der Waals surface area contributed by atoms with Crippen molar-refractivity contribution in [3.63, 3.8) is 0 Å². The third-order valence-electron chi connectivity index (χ3n) is 2.87. The van der Waals surface area contributed by atoms with Gasteiger partial charge in [0, 0.05) is 36.7 Å². The Morgan fingerprint density at radius 2 is 2.25 bits per heavy atom. The van der Waals surface area contributed by atoms with Gasteiger partial charge in [-0.05, 0) is 31.9 Å². The van der Waals surface area contributed by atoms with Gasteiger partial charge in [0.1, 0.15) is 5.15 Å². The van der Waals surface area contributed by atoms with Crippen molar-refractivity contribution < 1.29 is 4.79 Å². The molecule has 2 rings (SSSR count). The lowest BCUT2D eigenvalue weighted by molar-refractivity contribution is 0.0952. The van der Waals surface area contributed by atoms with Crippen molar-refractivity contribution in [2.45, 2.75) is 26.3 Å². The van der Waals surface area contributed by atoms with Crippen molar-refractivity contribution in [1.82, 2.24) is 19.9 Å². The number of nitrogens with one attached hydrogen (secondary N) is 1. The van der Waals surface area contributed by atoms with Gasteiger partial charge in [0.2, 0.25) is 0 Å². The molecule has 6 heteroatoms. The average molecular weight is 293 g/mol. The molecule has 2 heterocycles. The zero-order valence-corrected chi connectivity index (χ0v) is 12.1. The van der Waals surface area contributed by atoms with Gasteiger partial charge in [0.15, 0.2) is 0 Å². The average Bonchev–Trinajstić information content (AvgIpc) is 2.90. The van der Waals surface area contributed by atoms with Crippen LogP contribution >= 0.6 is 11.6 Å². The molecule has 2 aromatic rings. The number of hydrogen-bond acceptors (Lipinski definition) is 3.